The lowest BCUT2D eigenvalue weighted by atomic mass is 10.0. The maximum atomic E-state index is 13.3. The molecule has 2 aliphatic rings. The third kappa shape index (κ3) is 5.16. The number of hydrogen-bond donors (Lipinski definition) is 0. The Hall–Kier alpha value is -1.80. The van der Waals surface area contributed by atoms with Gasteiger partial charge in [0.2, 0.25) is 10.0 Å². The van der Waals surface area contributed by atoms with Crippen molar-refractivity contribution in [2.45, 2.75) is 31.6 Å². The second kappa shape index (κ2) is 9.82. The van der Waals surface area contributed by atoms with Gasteiger partial charge in [-0.15, -0.1) is 0 Å². The maximum absolute atomic E-state index is 13.3. The van der Waals surface area contributed by atoms with E-state index in [2.05, 4.69) is 11.8 Å². The van der Waals surface area contributed by atoms with E-state index in [1.807, 2.05) is 25.1 Å². The molecule has 0 aromatic heterocycles. The molecule has 0 atom stereocenters. The summed E-state index contributed by atoms with van der Waals surface area (Å²) in [5.41, 5.74) is 2.43. The van der Waals surface area contributed by atoms with Gasteiger partial charge in [0.1, 0.15) is 0 Å². The van der Waals surface area contributed by atoms with Gasteiger partial charge in [-0.1, -0.05) is 36.2 Å². The van der Waals surface area contributed by atoms with Gasteiger partial charge < -0.3 is 9.80 Å². The first-order chi connectivity index (χ1) is 15.7. The molecule has 2 aromatic carbocycles. The lowest BCUT2D eigenvalue weighted by molar-refractivity contribution is 0.0746. The minimum absolute atomic E-state index is 0.123. The second-order valence-corrected chi connectivity index (χ2v) is 11.7. The Labute approximate surface area is 206 Å². The van der Waals surface area contributed by atoms with Gasteiger partial charge in [0.25, 0.3) is 5.91 Å². The highest BCUT2D eigenvalue weighted by Crippen LogP contribution is 2.29. The molecule has 1 amide bonds. The first kappa shape index (κ1) is 24.3. The number of rotatable bonds is 4. The summed E-state index contributed by atoms with van der Waals surface area (Å²) in [7, 11) is -3.66. The van der Waals surface area contributed by atoms with Crippen LogP contribution in [0.25, 0.3) is 0 Å². The number of halogens is 2. The van der Waals surface area contributed by atoms with E-state index in [0.29, 0.717) is 50.2 Å². The van der Waals surface area contributed by atoms with Crippen LogP contribution in [0.5, 0.6) is 0 Å². The molecule has 178 valence electrons. The highest BCUT2D eigenvalue weighted by atomic mass is 35.5. The molecule has 0 spiro atoms. The van der Waals surface area contributed by atoms with Gasteiger partial charge in [-0.25, -0.2) is 8.42 Å². The van der Waals surface area contributed by atoms with Crippen LogP contribution < -0.4 is 4.90 Å². The lowest BCUT2D eigenvalue weighted by Crippen LogP contribution is -2.49. The molecule has 0 aliphatic carbocycles. The van der Waals surface area contributed by atoms with Crippen LogP contribution in [0.4, 0.5) is 5.69 Å². The van der Waals surface area contributed by atoms with Crippen LogP contribution in [-0.2, 0) is 10.0 Å². The molecule has 33 heavy (non-hydrogen) atoms. The highest BCUT2D eigenvalue weighted by Gasteiger charge is 2.30. The van der Waals surface area contributed by atoms with Gasteiger partial charge in [0.15, 0.2) is 0 Å². The molecule has 0 N–H and O–H groups in total. The largest absolute Gasteiger partial charge is 0.368 e. The van der Waals surface area contributed by atoms with Crippen LogP contribution in [0.15, 0.2) is 41.3 Å². The molecule has 0 saturated carbocycles. The number of hydrogen-bond acceptors (Lipinski definition) is 4. The van der Waals surface area contributed by atoms with Gasteiger partial charge >= 0.3 is 0 Å². The SMILES string of the molecule is Cc1ccc(Cl)cc1N1CCN(C(=O)c2cc(S(=O)(=O)N3CCC(C)CC3)ccc2Cl)CC1. The summed E-state index contributed by atoms with van der Waals surface area (Å²) in [5.74, 6) is 0.278. The van der Waals surface area contributed by atoms with E-state index in [0.717, 1.165) is 24.1 Å². The van der Waals surface area contributed by atoms with Gasteiger partial charge in [0.05, 0.1) is 15.5 Å². The fourth-order valence-electron chi connectivity index (χ4n) is 4.45. The van der Waals surface area contributed by atoms with Crippen LogP contribution in [0.1, 0.15) is 35.7 Å². The molecular weight excluding hydrogens is 481 g/mol. The Morgan fingerprint density at radius 1 is 0.939 bits per heavy atom. The molecule has 0 unspecified atom stereocenters. The number of sulfonamides is 1. The number of carbonyl (C=O) groups excluding carboxylic acids is 1. The number of piperazine rings is 1. The summed E-state index contributed by atoms with van der Waals surface area (Å²) in [6, 6.07) is 10.2. The van der Waals surface area contributed by atoms with Gasteiger partial charge in [-0.05, 0) is 61.6 Å². The summed E-state index contributed by atoms with van der Waals surface area (Å²) in [6.07, 6.45) is 1.68. The van der Waals surface area contributed by atoms with E-state index in [4.69, 9.17) is 23.2 Å². The van der Waals surface area contributed by atoms with E-state index < -0.39 is 10.0 Å². The Morgan fingerprint density at radius 3 is 2.27 bits per heavy atom. The second-order valence-electron chi connectivity index (χ2n) is 8.94. The van der Waals surface area contributed by atoms with Crippen molar-refractivity contribution in [3.8, 4) is 0 Å². The van der Waals surface area contributed by atoms with Crippen molar-refractivity contribution < 1.29 is 13.2 Å². The monoisotopic (exact) mass is 509 g/mol. The fraction of sp³-hybridized carbons (Fsp3) is 0.458. The number of nitrogens with zero attached hydrogens (tertiary/aromatic N) is 3. The van der Waals surface area contributed by atoms with Crippen molar-refractivity contribution in [1.29, 1.82) is 0 Å². The average molecular weight is 510 g/mol. The van der Waals surface area contributed by atoms with Crippen LogP contribution in [0.2, 0.25) is 10.0 Å². The van der Waals surface area contributed by atoms with E-state index in [-0.39, 0.29) is 21.4 Å². The van der Waals surface area contributed by atoms with Crippen molar-refractivity contribution >= 4 is 44.8 Å². The molecule has 4 rings (SSSR count). The van der Waals surface area contributed by atoms with Crippen LogP contribution in [0.3, 0.4) is 0 Å². The molecule has 6 nitrogen and oxygen atoms in total. The van der Waals surface area contributed by atoms with Crippen LogP contribution in [-0.4, -0.2) is 62.8 Å². The van der Waals surface area contributed by atoms with Gasteiger partial charge in [-0.3, -0.25) is 4.79 Å². The number of amides is 1. The van der Waals surface area contributed by atoms with E-state index in [1.54, 1.807) is 4.90 Å². The first-order valence-electron chi connectivity index (χ1n) is 11.3. The van der Waals surface area contributed by atoms with E-state index >= 15 is 0 Å². The quantitative estimate of drug-likeness (QED) is 0.599. The van der Waals surface area contributed by atoms with Crippen LogP contribution >= 0.6 is 23.2 Å². The summed E-state index contributed by atoms with van der Waals surface area (Å²) < 4.78 is 27.8. The zero-order chi connectivity index (χ0) is 23.8. The standard InChI is InChI=1S/C24H29Cl2N3O3S/c1-17-7-9-29(10-8-17)33(31,32)20-5-6-22(26)21(16-20)24(30)28-13-11-27(12-14-28)23-15-19(25)4-3-18(23)2/h3-6,15-17H,7-14H2,1-2H3. The van der Waals surface area contributed by atoms with Crippen molar-refractivity contribution in [1.82, 2.24) is 9.21 Å². The van der Waals surface area contributed by atoms with Gasteiger partial charge in [-0.2, -0.15) is 4.31 Å². The minimum atomic E-state index is -3.66. The van der Waals surface area contributed by atoms with Crippen molar-refractivity contribution in [3.63, 3.8) is 0 Å². The molecule has 2 aliphatic heterocycles. The molecule has 2 heterocycles. The van der Waals surface area contributed by atoms with Crippen LogP contribution in [0, 0.1) is 12.8 Å². The zero-order valence-corrected chi connectivity index (χ0v) is 21.3. The van der Waals surface area contributed by atoms with Gasteiger partial charge in [0, 0.05) is 50.0 Å². The van der Waals surface area contributed by atoms with Crippen molar-refractivity contribution in [2.75, 3.05) is 44.2 Å². The third-order valence-corrected chi connectivity index (χ3v) is 9.09. The molecule has 2 saturated heterocycles. The van der Waals surface area contributed by atoms with Crippen molar-refractivity contribution in [2.24, 2.45) is 5.92 Å². The molecular formula is C24H29Cl2N3O3S. The smallest absolute Gasteiger partial charge is 0.255 e. The number of benzene rings is 2. The molecule has 0 bridgehead atoms. The fourth-order valence-corrected chi connectivity index (χ4v) is 6.31. The lowest BCUT2D eigenvalue weighted by Gasteiger charge is -2.37. The summed E-state index contributed by atoms with van der Waals surface area (Å²) in [4.78, 5) is 17.3. The topological polar surface area (TPSA) is 60.9 Å². The summed E-state index contributed by atoms with van der Waals surface area (Å²) in [5, 5.41) is 0.946. The third-order valence-electron chi connectivity index (χ3n) is 6.63. The Morgan fingerprint density at radius 2 is 1.61 bits per heavy atom. The molecule has 0 radical (unpaired) electrons. The maximum Gasteiger partial charge on any atom is 0.255 e. The normalized spacial score (nSPS) is 18.5. The van der Waals surface area contributed by atoms with E-state index in [9.17, 15) is 13.2 Å². The number of aryl methyl sites for hydroxylation is 1. The molecule has 2 aromatic rings. The Balaban J connectivity index is 1.49. The molecule has 2 fully saturated rings. The summed E-state index contributed by atoms with van der Waals surface area (Å²) in [6.45, 7) is 7.53. The predicted octanol–water partition coefficient (Wildman–Crippen LogP) is 4.68. The minimum Gasteiger partial charge on any atom is -0.368 e. The van der Waals surface area contributed by atoms with E-state index in [1.165, 1.54) is 22.5 Å². The highest BCUT2D eigenvalue weighted by molar-refractivity contribution is 7.89. The Kier molecular flexibility index (Phi) is 7.24. The zero-order valence-electron chi connectivity index (χ0n) is 18.9. The first-order valence-corrected chi connectivity index (χ1v) is 13.5. The van der Waals surface area contributed by atoms with Crippen molar-refractivity contribution in [3.05, 3.63) is 57.6 Å². The number of anilines is 1. The summed E-state index contributed by atoms with van der Waals surface area (Å²) >= 11 is 12.5. The average Bonchev–Trinajstić information content (AvgIpc) is 2.81. The number of carbonyl (C=O) groups is 1. The Bertz CT molecular complexity index is 1140. The molecule has 9 heteroatoms. The predicted molar refractivity (Wildman–Crippen MR) is 133 cm³/mol. The number of piperidine rings is 1.